The number of benzene rings is 1. The molecule has 6 heteroatoms. The van der Waals surface area contributed by atoms with Crippen molar-refractivity contribution in [3.63, 3.8) is 0 Å². The van der Waals surface area contributed by atoms with Gasteiger partial charge in [-0.1, -0.05) is 6.07 Å². The summed E-state index contributed by atoms with van der Waals surface area (Å²) < 4.78 is 11.1. The molecule has 1 N–H and O–H groups in total. The van der Waals surface area contributed by atoms with Crippen LogP contribution in [0, 0.1) is 0 Å². The molecule has 21 heavy (non-hydrogen) atoms. The van der Waals surface area contributed by atoms with Crippen molar-refractivity contribution < 1.29 is 24.2 Å². The van der Waals surface area contributed by atoms with Crippen LogP contribution in [-0.2, 0) is 4.79 Å². The van der Waals surface area contributed by atoms with Crippen molar-refractivity contribution in [1.82, 2.24) is 4.90 Å². The van der Waals surface area contributed by atoms with E-state index < -0.39 is 11.8 Å². The summed E-state index contributed by atoms with van der Waals surface area (Å²) in [5.74, 6) is -1.93. The molecule has 1 saturated heterocycles. The summed E-state index contributed by atoms with van der Waals surface area (Å²) in [5, 5.41) is 8.85. The van der Waals surface area contributed by atoms with Gasteiger partial charge in [0.25, 0.3) is 5.78 Å². The summed E-state index contributed by atoms with van der Waals surface area (Å²) in [6.07, 6.45) is 1.97. The number of carbonyl (C=O) groups is 2. The predicted molar refractivity (Wildman–Crippen MR) is 76.1 cm³/mol. The number of likely N-dealkylation sites (N-methyl/N-ethyl adjacent to an activating group) is 1. The van der Waals surface area contributed by atoms with Gasteiger partial charge in [-0.15, -0.1) is 0 Å². The van der Waals surface area contributed by atoms with Crippen molar-refractivity contribution in [3.8, 4) is 11.5 Å². The van der Waals surface area contributed by atoms with Gasteiger partial charge < -0.3 is 19.5 Å². The number of rotatable bonds is 5. The number of ether oxygens (including phenoxy) is 2. The van der Waals surface area contributed by atoms with Gasteiger partial charge in [0.2, 0.25) is 0 Å². The van der Waals surface area contributed by atoms with E-state index in [0.29, 0.717) is 5.75 Å². The molecule has 1 fully saturated rings. The number of hydrogen-bond acceptors (Lipinski definition) is 5. The molecule has 0 saturated carbocycles. The van der Waals surface area contributed by atoms with Gasteiger partial charge in [-0.3, -0.25) is 4.79 Å². The van der Waals surface area contributed by atoms with Gasteiger partial charge in [0.15, 0.2) is 11.5 Å². The molecule has 1 heterocycles. The minimum atomic E-state index is -1.51. The Balaban J connectivity index is 2.25. The van der Waals surface area contributed by atoms with Gasteiger partial charge >= 0.3 is 5.97 Å². The Morgan fingerprint density at radius 3 is 2.76 bits per heavy atom. The third-order valence-electron chi connectivity index (χ3n) is 3.50. The number of carboxylic acids is 1. The first-order valence-electron chi connectivity index (χ1n) is 6.82. The highest BCUT2D eigenvalue weighted by atomic mass is 16.5. The number of ketones is 1. The van der Waals surface area contributed by atoms with Gasteiger partial charge in [-0.25, -0.2) is 4.79 Å². The first-order chi connectivity index (χ1) is 10.0. The van der Waals surface area contributed by atoms with E-state index in [1.54, 1.807) is 12.1 Å². The molecule has 1 aliphatic rings. The zero-order chi connectivity index (χ0) is 15.4. The van der Waals surface area contributed by atoms with Crippen LogP contribution >= 0.6 is 0 Å². The van der Waals surface area contributed by atoms with E-state index in [9.17, 15) is 9.59 Å². The summed E-state index contributed by atoms with van der Waals surface area (Å²) in [6.45, 7) is 1.83. The Labute approximate surface area is 123 Å². The van der Waals surface area contributed by atoms with Gasteiger partial charge in [0.05, 0.1) is 12.7 Å². The number of methoxy groups -OCH3 is 1. The Bertz CT molecular complexity index is 543. The monoisotopic (exact) mass is 293 g/mol. The summed E-state index contributed by atoms with van der Waals surface area (Å²) in [4.78, 5) is 24.7. The lowest BCUT2D eigenvalue weighted by atomic mass is 10.1. The lowest BCUT2D eigenvalue weighted by Crippen LogP contribution is -2.38. The Hall–Kier alpha value is -2.08. The van der Waals surface area contributed by atoms with Crippen LogP contribution in [0.3, 0.4) is 0 Å². The number of carbonyl (C=O) groups excluding carboxylic acids is 1. The molecular formula is C15H19NO5. The van der Waals surface area contributed by atoms with E-state index in [-0.39, 0.29) is 17.4 Å². The van der Waals surface area contributed by atoms with Gasteiger partial charge in [0, 0.05) is 6.54 Å². The van der Waals surface area contributed by atoms with Crippen LogP contribution in [0.4, 0.5) is 0 Å². The van der Waals surface area contributed by atoms with E-state index in [0.717, 1.165) is 25.9 Å². The van der Waals surface area contributed by atoms with Gasteiger partial charge in [-0.05, 0) is 38.6 Å². The SMILES string of the molecule is COc1c(OC2CCCN(C)C2)cccc1C(=O)C(=O)O. The molecule has 1 aromatic carbocycles. The minimum Gasteiger partial charge on any atom is -0.492 e. The average Bonchev–Trinajstić information content (AvgIpc) is 2.46. The van der Waals surface area contributed by atoms with E-state index >= 15 is 0 Å². The second kappa shape index (κ2) is 6.58. The fourth-order valence-electron chi connectivity index (χ4n) is 2.51. The van der Waals surface area contributed by atoms with E-state index in [1.807, 2.05) is 7.05 Å². The molecule has 1 aliphatic heterocycles. The maximum absolute atomic E-state index is 11.7. The molecule has 0 amide bonds. The number of para-hydroxylation sites is 1. The third kappa shape index (κ3) is 3.52. The molecule has 1 aromatic rings. The maximum atomic E-state index is 11.7. The molecule has 2 rings (SSSR count). The van der Waals surface area contributed by atoms with Crippen LogP contribution in [0.2, 0.25) is 0 Å². The zero-order valence-corrected chi connectivity index (χ0v) is 12.2. The second-order valence-corrected chi connectivity index (χ2v) is 5.12. The van der Waals surface area contributed by atoms with Crippen LogP contribution < -0.4 is 9.47 Å². The summed E-state index contributed by atoms with van der Waals surface area (Å²) in [7, 11) is 3.42. The van der Waals surface area contributed by atoms with Crippen molar-refractivity contribution in [3.05, 3.63) is 23.8 Å². The van der Waals surface area contributed by atoms with Crippen molar-refractivity contribution in [2.75, 3.05) is 27.2 Å². The molecule has 6 nitrogen and oxygen atoms in total. The third-order valence-corrected chi connectivity index (χ3v) is 3.50. The number of carboxylic acid groups (broad SMARTS) is 1. The molecule has 1 unspecified atom stereocenters. The smallest absolute Gasteiger partial charge is 0.377 e. The van der Waals surface area contributed by atoms with Crippen LogP contribution in [0.1, 0.15) is 23.2 Å². The lowest BCUT2D eigenvalue weighted by molar-refractivity contribution is -0.131. The van der Waals surface area contributed by atoms with E-state index in [4.69, 9.17) is 14.6 Å². The first-order valence-corrected chi connectivity index (χ1v) is 6.82. The second-order valence-electron chi connectivity index (χ2n) is 5.12. The summed E-state index contributed by atoms with van der Waals surface area (Å²) >= 11 is 0. The molecule has 0 bridgehead atoms. The maximum Gasteiger partial charge on any atom is 0.377 e. The molecule has 1 atom stereocenters. The largest absolute Gasteiger partial charge is 0.492 e. The molecule has 114 valence electrons. The van der Waals surface area contributed by atoms with Crippen molar-refractivity contribution >= 4 is 11.8 Å². The number of hydrogen-bond donors (Lipinski definition) is 1. The topological polar surface area (TPSA) is 76.1 Å². The van der Waals surface area contributed by atoms with Crippen LogP contribution in [0.15, 0.2) is 18.2 Å². The van der Waals surface area contributed by atoms with Crippen molar-refractivity contribution in [2.45, 2.75) is 18.9 Å². The summed E-state index contributed by atoms with van der Waals surface area (Å²) in [6, 6.07) is 4.71. The molecule has 0 aromatic heterocycles. The fraction of sp³-hybridized carbons (Fsp3) is 0.467. The molecule has 0 radical (unpaired) electrons. The number of likely N-dealkylation sites (tertiary alicyclic amines) is 1. The average molecular weight is 293 g/mol. The number of aliphatic carboxylic acids is 1. The normalized spacial score (nSPS) is 19.0. The number of piperidine rings is 1. The number of Topliss-reactive ketones (excluding diaryl/α,β-unsaturated/α-hetero) is 1. The molecular weight excluding hydrogens is 274 g/mol. The van der Waals surface area contributed by atoms with Crippen LogP contribution in [0.5, 0.6) is 11.5 Å². The highest BCUT2D eigenvalue weighted by Crippen LogP contribution is 2.33. The number of nitrogens with zero attached hydrogens (tertiary/aromatic N) is 1. The van der Waals surface area contributed by atoms with Crippen LogP contribution in [-0.4, -0.2) is 55.1 Å². The highest BCUT2D eigenvalue weighted by molar-refractivity contribution is 6.40. The first kappa shape index (κ1) is 15.3. The standard InChI is InChI=1S/C15H19NO5/c1-16-8-4-5-10(9-16)21-12-7-3-6-11(14(12)20-2)13(17)15(18)19/h3,6-7,10H,4-5,8-9H2,1-2H3,(H,18,19). The molecule has 0 spiro atoms. The lowest BCUT2D eigenvalue weighted by Gasteiger charge is -2.30. The van der Waals surface area contributed by atoms with Gasteiger partial charge in [0.1, 0.15) is 6.10 Å². The van der Waals surface area contributed by atoms with E-state index in [1.165, 1.54) is 13.2 Å². The highest BCUT2D eigenvalue weighted by Gasteiger charge is 2.25. The summed E-state index contributed by atoms with van der Waals surface area (Å²) in [5.41, 5.74) is 0.00617. The Morgan fingerprint density at radius 1 is 1.38 bits per heavy atom. The predicted octanol–water partition coefficient (Wildman–Crippen LogP) is 1.44. The Kier molecular flexibility index (Phi) is 4.80. The van der Waals surface area contributed by atoms with Crippen LogP contribution in [0.25, 0.3) is 0 Å². The van der Waals surface area contributed by atoms with Gasteiger partial charge in [-0.2, -0.15) is 0 Å². The quantitative estimate of drug-likeness (QED) is 0.654. The van der Waals surface area contributed by atoms with E-state index in [2.05, 4.69) is 4.90 Å². The van der Waals surface area contributed by atoms with Crippen molar-refractivity contribution in [2.24, 2.45) is 0 Å². The Morgan fingerprint density at radius 2 is 2.14 bits per heavy atom. The fourth-order valence-corrected chi connectivity index (χ4v) is 2.51. The van der Waals surface area contributed by atoms with Crippen molar-refractivity contribution in [1.29, 1.82) is 0 Å². The zero-order valence-electron chi connectivity index (χ0n) is 12.2. The minimum absolute atomic E-state index is 0.00617. The molecule has 0 aliphatic carbocycles.